The van der Waals surface area contributed by atoms with Crippen molar-refractivity contribution in [2.24, 2.45) is 5.92 Å². The number of aliphatic hydroxyl groups is 1. The van der Waals surface area contributed by atoms with Gasteiger partial charge in [0.1, 0.15) is 5.82 Å². The molecule has 0 atom stereocenters. The normalized spacial score (nSPS) is 11.6. The summed E-state index contributed by atoms with van der Waals surface area (Å²) in [6, 6.07) is 24.2. The average molecular weight is 713 g/mol. The maximum Gasteiger partial charge on any atom is 0.155 e. The Kier molecular flexibility index (Phi) is 10.4. The van der Waals surface area contributed by atoms with E-state index in [4.69, 9.17) is 5.11 Å². The molecule has 0 aliphatic heterocycles. The van der Waals surface area contributed by atoms with Crippen molar-refractivity contribution < 1.29 is 34.4 Å². The standard InChI is InChI=1S/C30H27FN.C5H8O2.Ir/c1-18(2)13-23-15-24(14-22-10-9-20-7-5-6-8-25(20)29(22)23)30-27-17-28(31)26(19(3)4)16-21(27)11-12-32-30;1-4(6)3-5(2)7;/h5-12,15-19H,13H2,1-4H3;3,6H,1-2H3;/q-1;;/b;4-3-;. The predicted octanol–water partition coefficient (Wildman–Crippen LogP) is 9.50. The Hall–Kier alpha value is -3.40. The zero-order chi connectivity index (χ0) is 28.3. The SMILES string of the molecule is CC(=O)/C=C(/C)O.CC(C)Cc1cc(-c2nccc3cc(C(C)C)c(F)cc23)[c-]c2ccc3ccccc3c12.[Ir]. The number of aromatic nitrogens is 1. The molecule has 0 amide bonds. The Bertz CT molecular complexity index is 1700. The number of rotatable bonds is 5. The van der Waals surface area contributed by atoms with Crippen molar-refractivity contribution in [3.8, 4) is 11.3 Å². The molecular weight excluding hydrogens is 678 g/mol. The quantitative estimate of drug-likeness (QED) is 0.0855. The third-order valence-electron chi connectivity index (χ3n) is 6.64. The molecule has 1 heterocycles. The number of hydrogen-bond donors (Lipinski definition) is 1. The van der Waals surface area contributed by atoms with Crippen LogP contribution in [0.1, 0.15) is 58.6 Å². The number of ketones is 1. The molecule has 1 aromatic heterocycles. The molecule has 0 bridgehead atoms. The molecule has 0 spiro atoms. The number of hydrogen-bond acceptors (Lipinski definition) is 3. The van der Waals surface area contributed by atoms with Crippen molar-refractivity contribution in [2.45, 2.75) is 53.9 Å². The van der Waals surface area contributed by atoms with Crippen LogP contribution in [-0.4, -0.2) is 15.9 Å². The molecular formula is C35H35FIrNO2-. The van der Waals surface area contributed by atoms with Gasteiger partial charge in [0.05, 0.1) is 5.76 Å². The van der Waals surface area contributed by atoms with Gasteiger partial charge < -0.3 is 5.11 Å². The second-order valence-electron chi connectivity index (χ2n) is 10.8. The van der Waals surface area contributed by atoms with E-state index < -0.39 is 0 Å². The topological polar surface area (TPSA) is 50.2 Å². The van der Waals surface area contributed by atoms with E-state index in [1.807, 2.05) is 32.2 Å². The van der Waals surface area contributed by atoms with E-state index in [0.717, 1.165) is 39.4 Å². The fourth-order valence-electron chi connectivity index (χ4n) is 5.04. The van der Waals surface area contributed by atoms with Gasteiger partial charge in [-0.25, -0.2) is 4.39 Å². The zero-order valence-corrected chi connectivity index (χ0v) is 26.2. The van der Waals surface area contributed by atoms with Crippen molar-refractivity contribution in [1.82, 2.24) is 4.98 Å². The Morgan fingerprint density at radius 3 is 2.33 bits per heavy atom. The van der Waals surface area contributed by atoms with Gasteiger partial charge in [0.15, 0.2) is 5.78 Å². The first-order valence-electron chi connectivity index (χ1n) is 13.4. The van der Waals surface area contributed by atoms with Crippen molar-refractivity contribution in [3.05, 3.63) is 102 Å². The Balaban J connectivity index is 0.000000492. The summed E-state index contributed by atoms with van der Waals surface area (Å²) in [6.07, 6.45) is 3.95. The minimum Gasteiger partial charge on any atom is -0.512 e. The number of allylic oxidation sites excluding steroid dienone is 2. The van der Waals surface area contributed by atoms with E-state index >= 15 is 0 Å². The maximum absolute atomic E-state index is 14.9. The number of pyridine rings is 1. The van der Waals surface area contributed by atoms with Crippen LogP contribution in [-0.2, 0) is 31.3 Å². The molecule has 40 heavy (non-hydrogen) atoms. The van der Waals surface area contributed by atoms with Gasteiger partial charge in [-0.1, -0.05) is 69.0 Å². The minimum absolute atomic E-state index is 0. The van der Waals surface area contributed by atoms with Crippen LogP contribution in [0.25, 0.3) is 43.6 Å². The molecule has 0 aliphatic carbocycles. The number of aliphatic hydroxyl groups excluding tert-OH is 1. The van der Waals surface area contributed by atoms with Crippen LogP contribution in [0, 0.1) is 17.8 Å². The summed E-state index contributed by atoms with van der Waals surface area (Å²) in [5.74, 6) is 0.413. The summed E-state index contributed by atoms with van der Waals surface area (Å²) >= 11 is 0. The smallest absolute Gasteiger partial charge is 0.155 e. The van der Waals surface area contributed by atoms with Gasteiger partial charge in [-0.15, -0.1) is 29.1 Å². The van der Waals surface area contributed by atoms with E-state index in [2.05, 4.69) is 67.4 Å². The van der Waals surface area contributed by atoms with E-state index in [0.29, 0.717) is 5.92 Å². The summed E-state index contributed by atoms with van der Waals surface area (Å²) in [6.45, 7) is 11.4. The fourth-order valence-corrected chi connectivity index (χ4v) is 5.04. The molecule has 209 valence electrons. The number of fused-ring (bicyclic) bond motifs is 4. The zero-order valence-electron chi connectivity index (χ0n) is 23.8. The van der Waals surface area contributed by atoms with Crippen molar-refractivity contribution in [1.29, 1.82) is 0 Å². The third kappa shape index (κ3) is 7.02. The fraction of sp³-hybridized carbons (Fsp3) is 0.257. The monoisotopic (exact) mass is 713 g/mol. The Morgan fingerprint density at radius 1 is 0.975 bits per heavy atom. The van der Waals surface area contributed by atoms with Crippen LogP contribution in [0.4, 0.5) is 4.39 Å². The molecule has 0 saturated carbocycles. The number of nitrogens with zero attached hydrogens (tertiary/aromatic N) is 1. The first kappa shape index (κ1) is 31.1. The van der Waals surface area contributed by atoms with Gasteiger partial charge in [-0.2, -0.15) is 0 Å². The van der Waals surface area contributed by atoms with Gasteiger partial charge in [0, 0.05) is 38.1 Å². The van der Waals surface area contributed by atoms with Gasteiger partial charge in [0.25, 0.3) is 0 Å². The van der Waals surface area contributed by atoms with Gasteiger partial charge in [-0.3, -0.25) is 9.78 Å². The van der Waals surface area contributed by atoms with E-state index in [-0.39, 0.29) is 43.4 Å². The number of halogens is 1. The summed E-state index contributed by atoms with van der Waals surface area (Å²) in [5, 5.41) is 15.0. The Labute approximate surface area is 249 Å². The first-order valence-corrected chi connectivity index (χ1v) is 13.4. The van der Waals surface area contributed by atoms with E-state index in [1.54, 1.807) is 6.07 Å². The summed E-state index contributed by atoms with van der Waals surface area (Å²) < 4.78 is 14.9. The summed E-state index contributed by atoms with van der Waals surface area (Å²) in [4.78, 5) is 14.7. The third-order valence-corrected chi connectivity index (χ3v) is 6.64. The average Bonchev–Trinajstić information content (AvgIpc) is 2.86. The molecule has 0 saturated heterocycles. The molecule has 0 unspecified atom stereocenters. The Morgan fingerprint density at radius 2 is 1.70 bits per heavy atom. The summed E-state index contributed by atoms with van der Waals surface area (Å²) in [5.41, 5.74) is 3.74. The van der Waals surface area contributed by atoms with Crippen LogP contribution >= 0.6 is 0 Å². The molecule has 0 aliphatic rings. The molecule has 5 rings (SSSR count). The van der Waals surface area contributed by atoms with Crippen LogP contribution in [0.5, 0.6) is 0 Å². The predicted molar refractivity (Wildman–Crippen MR) is 161 cm³/mol. The van der Waals surface area contributed by atoms with Crippen LogP contribution in [0.15, 0.2) is 78.7 Å². The largest absolute Gasteiger partial charge is 0.512 e. The van der Waals surface area contributed by atoms with Gasteiger partial charge in [-0.05, 0) is 77.4 Å². The van der Waals surface area contributed by atoms with Crippen molar-refractivity contribution >= 4 is 38.1 Å². The molecule has 5 heteroatoms. The number of carbonyl (C=O) groups excluding carboxylic acids is 1. The molecule has 5 aromatic rings. The molecule has 4 aromatic carbocycles. The van der Waals surface area contributed by atoms with Crippen molar-refractivity contribution in [2.75, 3.05) is 0 Å². The summed E-state index contributed by atoms with van der Waals surface area (Å²) in [7, 11) is 0. The number of benzene rings is 4. The maximum atomic E-state index is 14.9. The van der Waals surface area contributed by atoms with E-state index in [1.165, 1.54) is 41.6 Å². The second-order valence-corrected chi connectivity index (χ2v) is 10.8. The van der Waals surface area contributed by atoms with Crippen LogP contribution in [0.3, 0.4) is 0 Å². The molecule has 0 fully saturated rings. The van der Waals surface area contributed by atoms with Crippen LogP contribution in [0.2, 0.25) is 0 Å². The number of carbonyl (C=O) groups is 1. The van der Waals surface area contributed by atoms with E-state index in [9.17, 15) is 9.18 Å². The first-order chi connectivity index (χ1) is 18.5. The van der Waals surface area contributed by atoms with Crippen molar-refractivity contribution in [3.63, 3.8) is 0 Å². The second kappa shape index (κ2) is 13.3. The molecule has 1 N–H and O–H groups in total. The minimum atomic E-state index is -0.170. The molecule has 1 radical (unpaired) electrons. The van der Waals surface area contributed by atoms with Crippen LogP contribution < -0.4 is 0 Å². The molecule has 3 nitrogen and oxygen atoms in total. The van der Waals surface area contributed by atoms with Gasteiger partial charge >= 0.3 is 0 Å². The van der Waals surface area contributed by atoms with Gasteiger partial charge in [0.2, 0.25) is 0 Å².